The second kappa shape index (κ2) is 4.74. The monoisotopic (exact) mass is 195 g/mol. The predicted octanol–water partition coefficient (Wildman–Crippen LogP) is 0.00190. The highest BCUT2D eigenvalue weighted by molar-refractivity contribution is 5.72. The molecule has 0 fully saturated rings. The fourth-order valence-electron chi connectivity index (χ4n) is 1.18. The molecule has 4 heteroatoms. The molecule has 0 saturated carbocycles. The van der Waals surface area contributed by atoms with Crippen LogP contribution >= 0.6 is 0 Å². The first-order valence-corrected chi connectivity index (χ1v) is 4.31. The summed E-state index contributed by atoms with van der Waals surface area (Å²) in [4.78, 5) is 10.4. The number of carboxylic acids is 1. The molecule has 0 aromatic heterocycles. The van der Waals surface area contributed by atoms with E-state index in [4.69, 9.17) is 15.9 Å². The van der Waals surface area contributed by atoms with Gasteiger partial charge >= 0.3 is 5.97 Å². The van der Waals surface area contributed by atoms with Crippen molar-refractivity contribution < 1.29 is 15.0 Å². The van der Waals surface area contributed by atoms with Gasteiger partial charge < -0.3 is 15.9 Å². The van der Waals surface area contributed by atoms with Crippen molar-refractivity contribution in [1.29, 1.82) is 0 Å². The van der Waals surface area contributed by atoms with Crippen LogP contribution < -0.4 is 5.73 Å². The summed E-state index contributed by atoms with van der Waals surface area (Å²) in [6.45, 7) is 0. The summed E-state index contributed by atoms with van der Waals surface area (Å²) in [5.41, 5.74) is 6.44. The van der Waals surface area contributed by atoms with Gasteiger partial charge in [-0.15, -0.1) is 0 Å². The van der Waals surface area contributed by atoms with E-state index in [0.717, 1.165) is 5.56 Å². The number of hydrogen-bond donors (Lipinski definition) is 3. The van der Waals surface area contributed by atoms with E-state index in [1.807, 2.05) is 30.3 Å². The number of nitrogens with two attached hydrogens (primary N) is 1. The summed E-state index contributed by atoms with van der Waals surface area (Å²) in [6.07, 6.45) is -1.15. The molecule has 76 valence electrons. The van der Waals surface area contributed by atoms with Crippen molar-refractivity contribution in [2.75, 3.05) is 0 Å². The maximum Gasteiger partial charge on any atom is 0.334 e. The van der Waals surface area contributed by atoms with Crippen LogP contribution in [0, 0.1) is 0 Å². The van der Waals surface area contributed by atoms with Crippen molar-refractivity contribution >= 4 is 5.97 Å². The molecule has 4 N–H and O–H groups in total. The zero-order chi connectivity index (χ0) is 10.6. The molecule has 0 spiro atoms. The summed E-state index contributed by atoms with van der Waals surface area (Å²) in [5.74, 6) is -1.28. The predicted molar refractivity (Wildman–Crippen MR) is 51.8 cm³/mol. The Morgan fingerprint density at radius 3 is 2.43 bits per heavy atom. The lowest BCUT2D eigenvalue weighted by molar-refractivity contribution is -0.147. The van der Waals surface area contributed by atoms with Gasteiger partial charge in [0.2, 0.25) is 0 Å². The van der Waals surface area contributed by atoms with Crippen LogP contribution in [0.4, 0.5) is 0 Å². The van der Waals surface area contributed by atoms with E-state index in [1.165, 1.54) is 0 Å². The molecule has 4 nitrogen and oxygen atoms in total. The third kappa shape index (κ3) is 2.83. The topological polar surface area (TPSA) is 83.5 Å². The Kier molecular flexibility index (Phi) is 3.62. The normalized spacial score (nSPS) is 14.7. The molecular weight excluding hydrogens is 182 g/mol. The van der Waals surface area contributed by atoms with E-state index in [0.29, 0.717) is 6.42 Å². The Morgan fingerprint density at radius 2 is 1.93 bits per heavy atom. The van der Waals surface area contributed by atoms with E-state index in [1.54, 1.807) is 0 Å². The van der Waals surface area contributed by atoms with Crippen LogP contribution in [0.1, 0.15) is 5.56 Å². The van der Waals surface area contributed by atoms with Crippen molar-refractivity contribution in [2.45, 2.75) is 18.6 Å². The minimum absolute atomic E-state index is 0.355. The number of carboxylic acid groups (broad SMARTS) is 1. The highest BCUT2D eigenvalue weighted by Crippen LogP contribution is 2.04. The Bertz CT molecular complexity index is 299. The van der Waals surface area contributed by atoms with E-state index in [-0.39, 0.29) is 0 Å². The Hall–Kier alpha value is -1.39. The van der Waals surface area contributed by atoms with Crippen molar-refractivity contribution in [1.82, 2.24) is 0 Å². The van der Waals surface area contributed by atoms with Gasteiger partial charge in [0, 0.05) is 6.04 Å². The Balaban J connectivity index is 2.57. The second-order valence-corrected chi connectivity index (χ2v) is 3.14. The first-order chi connectivity index (χ1) is 6.61. The van der Waals surface area contributed by atoms with Gasteiger partial charge in [-0.25, -0.2) is 4.79 Å². The average molecular weight is 195 g/mol. The summed E-state index contributed by atoms with van der Waals surface area (Å²) in [6, 6.07) is 8.46. The number of aliphatic carboxylic acids is 1. The first kappa shape index (κ1) is 10.7. The maximum atomic E-state index is 10.4. The third-order valence-corrected chi connectivity index (χ3v) is 1.97. The van der Waals surface area contributed by atoms with Gasteiger partial charge in [0.05, 0.1) is 0 Å². The number of hydrogen-bond acceptors (Lipinski definition) is 3. The molecule has 0 heterocycles. The lowest BCUT2D eigenvalue weighted by Gasteiger charge is -2.14. The van der Waals surface area contributed by atoms with Crippen LogP contribution in [0.3, 0.4) is 0 Å². The van der Waals surface area contributed by atoms with E-state index >= 15 is 0 Å². The van der Waals surface area contributed by atoms with E-state index in [2.05, 4.69) is 0 Å². The largest absolute Gasteiger partial charge is 0.479 e. The molecular formula is C10H13NO3. The molecule has 0 unspecified atom stereocenters. The number of carbonyl (C=O) groups is 1. The summed E-state index contributed by atoms with van der Waals surface area (Å²) in [7, 11) is 0. The van der Waals surface area contributed by atoms with Crippen LogP contribution in [-0.4, -0.2) is 28.3 Å². The Morgan fingerprint density at radius 1 is 1.36 bits per heavy atom. The van der Waals surface area contributed by atoms with Gasteiger partial charge in [0.1, 0.15) is 0 Å². The number of benzene rings is 1. The molecule has 14 heavy (non-hydrogen) atoms. The molecule has 1 aromatic rings. The Labute approximate surface area is 82.0 Å². The van der Waals surface area contributed by atoms with Gasteiger partial charge in [0.15, 0.2) is 6.10 Å². The molecule has 0 saturated heterocycles. The minimum atomic E-state index is -1.50. The smallest absolute Gasteiger partial charge is 0.334 e. The molecule has 0 aliphatic carbocycles. The lowest BCUT2D eigenvalue weighted by atomic mass is 10.0. The van der Waals surface area contributed by atoms with Crippen molar-refractivity contribution in [3.05, 3.63) is 35.9 Å². The molecule has 0 bridgehead atoms. The lowest BCUT2D eigenvalue weighted by Crippen LogP contribution is -2.41. The SMILES string of the molecule is N[C@H](Cc1ccccc1)[C@H](O)C(=O)O. The van der Waals surface area contributed by atoms with Gasteiger partial charge in [-0.2, -0.15) is 0 Å². The average Bonchev–Trinajstić information content (AvgIpc) is 2.18. The van der Waals surface area contributed by atoms with Crippen LogP contribution in [0.15, 0.2) is 30.3 Å². The molecule has 0 aliphatic rings. The van der Waals surface area contributed by atoms with Gasteiger partial charge in [-0.05, 0) is 12.0 Å². The number of aliphatic hydroxyl groups excluding tert-OH is 1. The van der Waals surface area contributed by atoms with E-state index < -0.39 is 18.1 Å². The standard InChI is InChI=1S/C10H13NO3/c11-8(9(12)10(13)14)6-7-4-2-1-3-5-7/h1-5,8-9,12H,6,11H2,(H,13,14)/t8-,9+/m1/s1. The van der Waals surface area contributed by atoms with Crippen LogP contribution in [0.5, 0.6) is 0 Å². The van der Waals surface area contributed by atoms with Crippen molar-refractivity contribution in [3.63, 3.8) is 0 Å². The molecule has 2 atom stereocenters. The highest BCUT2D eigenvalue weighted by Gasteiger charge is 2.21. The van der Waals surface area contributed by atoms with E-state index in [9.17, 15) is 4.79 Å². The minimum Gasteiger partial charge on any atom is -0.479 e. The second-order valence-electron chi connectivity index (χ2n) is 3.14. The van der Waals surface area contributed by atoms with Gasteiger partial charge in [-0.3, -0.25) is 0 Å². The third-order valence-electron chi connectivity index (χ3n) is 1.97. The van der Waals surface area contributed by atoms with Gasteiger partial charge in [0.25, 0.3) is 0 Å². The zero-order valence-corrected chi connectivity index (χ0v) is 7.63. The van der Waals surface area contributed by atoms with Crippen LogP contribution in [-0.2, 0) is 11.2 Å². The summed E-state index contributed by atoms with van der Waals surface area (Å²) < 4.78 is 0. The molecule has 1 aromatic carbocycles. The maximum absolute atomic E-state index is 10.4. The van der Waals surface area contributed by atoms with Gasteiger partial charge in [-0.1, -0.05) is 30.3 Å². The number of aliphatic hydroxyl groups is 1. The van der Waals surface area contributed by atoms with Crippen molar-refractivity contribution in [2.24, 2.45) is 5.73 Å². The van der Waals surface area contributed by atoms with Crippen molar-refractivity contribution in [3.8, 4) is 0 Å². The fraction of sp³-hybridized carbons (Fsp3) is 0.300. The molecule has 0 aliphatic heterocycles. The molecule has 0 radical (unpaired) electrons. The van der Waals surface area contributed by atoms with Crippen LogP contribution in [0.25, 0.3) is 0 Å². The summed E-state index contributed by atoms with van der Waals surface area (Å²) >= 11 is 0. The first-order valence-electron chi connectivity index (χ1n) is 4.31. The molecule has 0 amide bonds. The highest BCUT2D eigenvalue weighted by atomic mass is 16.4. The fourth-order valence-corrected chi connectivity index (χ4v) is 1.18. The quantitative estimate of drug-likeness (QED) is 0.631. The molecule has 1 rings (SSSR count). The summed E-state index contributed by atoms with van der Waals surface area (Å²) in [5, 5.41) is 17.6. The number of rotatable bonds is 4. The van der Waals surface area contributed by atoms with Crippen LogP contribution in [0.2, 0.25) is 0 Å². The zero-order valence-electron chi connectivity index (χ0n) is 7.63.